The van der Waals surface area contributed by atoms with E-state index in [1.54, 1.807) is 0 Å². The molecule has 1 aliphatic rings. The van der Waals surface area contributed by atoms with E-state index in [1.807, 2.05) is 55.5 Å². The van der Waals surface area contributed by atoms with Crippen LogP contribution in [0.1, 0.15) is 45.9 Å². The average Bonchev–Trinajstić information content (AvgIpc) is 3.40. The molecule has 2 nitrogen and oxygen atoms in total. The summed E-state index contributed by atoms with van der Waals surface area (Å²) in [5.74, 6) is 0.639. The van der Waals surface area contributed by atoms with Gasteiger partial charge in [-0.15, -0.1) is 0 Å². The minimum atomic E-state index is -0.427. The van der Waals surface area contributed by atoms with Crippen molar-refractivity contribution in [2.75, 3.05) is 0 Å². The van der Waals surface area contributed by atoms with Gasteiger partial charge in [0.2, 0.25) is 0 Å². The molecule has 44 heavy (non-hydrogen) atoms. The molecule has 0 radical (unpaired) electrons. The number of nitrogens with zero attached hydrogens (tertiary/aromatic N) is 2. The molecule has 0 bridgehead atoms. The van der Waals surface area contributed by atoms with E-state index in [2.05, 4.69) is 122 Å². The Bertz CT molecular complexity index is 1960. The molecule has 0 saturated heterocycles. The zero-order chi connectivity index (χ0) is 29.9. The van der Waals surface area contributed by atoms with Crippen molar-refractivity contribution in [1.82, 2.24) is 0 Å². The molecule has 0 heterocycles. The summed E-state index contributed by atoms with van der Waals surface area (Å²) < 4.78 is 0. The maximum atomic E-state index is 4.99. The predicted octanol–water partition coefficient (Wildman–Crippen LogP) is 9.98. The summed E-state index contributed by atoms with van der Waals surface area (Å²) in [6, 6.07) is 57.5. The molecule has 1 aliphatic carbocycles. The van der Waals surface area contributed by atoms with Crippen LogP contribution >= 0.6 is 0 Å². The van der Waals surface area contributed by atoms with Crippen molar-refractivity contribution in [3.05, 3.63) is 209 Å². The summed E-state index contributed by atoms with van der Waals surface area (Å²) in [5, 5.41) is 0. The Balaban J connectivity index is 1.33. The standard InChI is InChI=1S/C42H32N2/c1-30(32-16-6-3-7-17-32)43-41(34-18-8-4-9-19-34)44-31(2)33-26-28-36(29-27-33)42(35-20-10-5-11-21-35)39-24-14-12-22-37(39)38-23-13-15-25-40(38)42/h3-29H,2H2,1H3. The molecule has 0 aliphatic heterocycles. The number of aliphatic imine (C=N–C) groups is 2. The second-order valence-corrected chi connectivity index (χ2v) is 11.1. The Labute approximate surface area is 259 Å². The van der Waals surface area contributed by atoms with Gasteiger partial charge in [-0.05, 0) is 51.4 Å². The number of hydrogen-bond donors (Lipinski definition) is 0. The third-order valence-electron chi connectivity index (χ3n) is 8.55. The first kappa shape index (κ1) is 27.2. The minimum Gasteiger partial charge on any atom is -0.233 e. The van der Waals surface area contributed by atoms with Gasteiger partial charge >= 0.3 is 0 Å². The Kier molecular flexibility index (Phi) is 7.17. The zero-order valence-electron chi connectivity index (χ0n) is 24.7. The topological polar surface area (TPSA) is 24.7 Å². The average molecular weight is 565 g/mol. The molecule has 210 valence electrons. The van der Waals surface area contributed by atoms with Crippen LogP contribution in [0.2, 0.25) is 0 Å². The van der Waals surface area contributed by atoms with E-state index in [0.29, 0.717) is 11.5 Å². The Hall–Kier alpha value is -5.60. The van der Waals surface area contributed by atoms with Crippen LogP contribution < -0.4 is 0 Å². The van der Waals surface area contributed by atoms with Gasteiger partial charge in [0.05, 0.1) is 11.1 Å². The molecular weight excluding hydrogens is 532 g/mol. The van der Waals surface area contributed by atoms with Crippen LogP contribution in [-0.4, -0.2) is 11.5 Å². The molecule has 6 aromatic carbocycles. The molecule has 0 N–H and O–H groups in total. The van der Waals surface area contributed by atoms with Crippen molar-refractivity contribution in [3.8, 4) is 11.1 Å². The molecule has 0 amide bonds. The highest BCUT2D eigenvalue weighted by Gasteiger charge is 2.45. The van der Waals surface area contributed by atoms with Crippen molar-refractivity contribution in [2.45, 2.75) is 12.3 Å². The van der Waals surface area contributed by atoms with E-state index in [1.165, 1.54) is 33.4 Å². The fourth-order valence-electron chi connectivity index (χ4n) is 6.46. The van der Waals surface area contributed by atoms with Gasteiger partial charge in [0.15, 0.2) is 5.84 Å². The Morgan fingerprint density at radius 2 is 0.909 bits per heavy atom. The van der Waals surface area contributed by atoms with E-state index < -0.39 is 5.41 Å². The lowest BCUT2D eigenvalue weighted by atomic mass is 9.67. The van der Waals surface area contributed by atoms with Gasteiger partial charge < -0.3 is 0 Å². The zero-order valence-corrected chi connectivity index (χ0v) is 24.7. The van der Waals surface area contributed by atoms with Crippen LogP contribution in [0, 0.1) is 0 Å². The van der Waals surface area contributed by atoms with E-state index in [4.69, 9.17) is 9.98 Å². The monoisotopic (exact) mass is 564 g/mol. The summed E-state index contributed by atoms with van der Waals surface area (Å²) in [6.45, 7) is 6.41. The van der Waals surface area contributed by atoms with E-state index in [0.717, 1.165) is 22.4 Å². The Morgan fingerprint density at radius 3 is 1.48 bits per heavy atom. The highest BCUT2D eigenvalue weighted by atomic mass is 14.9. The van der Waals surface area contributed by atoms with Gasteiger partial charge in [-0.3, -0.25) is 0 Å². The van der Waals surface area contributed by atoms with Crippen molar-refractivity contribution in [2.24, 2.45) is 9.98 Å². The summed E-state index contributed by atoms with van der Waals surface area (Å²) in [6.07, 6.45) is 0. The van der Waals surface area contributed by atoms with Crippen molar-refractivity contribution in [3.63, 3.8) is 0 Å². The lowest BCUT2D eigenvalue weighted by molar-refractivity contribution is 0.768. The van der Waals surface area contributed by atoms with Gasteiger partial charge in [0.1, 0.15) is 0 Å². The molecule has 6 aromatic rings. The summed E-state index contributed by atoms with van der Waals surface area (Å²) in [7, 11) is 0. The molecule has 2 heteroatoms. The minimum absolute atomic E-state index is 0.427. The van der Waals surface area contributed by atoms with E-state index in [9.17, 15) is 0 Å². The summed E-state index contributed by atoms with van der Waals surface area (Å²) in [5.41, 5.74) is 11.7. The molecule has 0 fully saturated rings. The van der Waals surface area contributed by atoms with Crippen LogP contribution in [0.5, 0.6) is 0 Å². The molecule has 0 saturated carbocycles. The molecule has 7 rings (SSSR count). The highest BCUT2D eigenvalue weighted by molar-refractivity contribution is 6.12. The lowest BCUT2D eigenvalue weighted by Crippen LogP contribution is -2.28. The van der Waals surface area contributed by atoms with Crippen molar-refractivity contribution in [1.29, 1.82) is 0 Å². The van der Waals surface area contributed by atoms with E-state index >= 15 is 0 Å². The smallest absolute Gasteiger partial charge is 0.160 e. The first-order valence-electron chi connectivity index (χ1n) is 15.0. The van der Waals surface area contributed by atoms with Gasteiger partial charge in [-0.25, -0.2) is 9.98 Å². The maximum Gasteiger partial charge on any atom is 0.160 e. The number of benzene rings is 6. The first-order chi connectivity index (χ1) is 21.7. The van der Waals surface area contributed by atoms with Gasteiger partial charge in [-0.2, -0.15) is 0 Å². The highest BCUT2D eigenvalue weighted by Crippen LogP contribution is 2.55. The normalized spacial score (nSPS) is 13.7. The van der Waals surface area contributed by atoms with Crippen LogP contribution in [0.4, 0.5) is 0 Å². The summed E-state index contributed by atoms with van der Waals surface area (Å²) in [4.78, 5) is 9.96. The molecular formula is C42H32N2. The maximum absolute atomic E-state index is 4.99. The molecule has 0 unspecified atom stereocenters. The first-order valence-corrected chi connectivity index (χ1v) is 15.0. The largest absolute Gasteiger partial charge is 0.233 e. The second-order valence-electron chi connectivity index (χ2n) is 11.1. The number of fused-ring (bicyclic) bond motifs is 3. The van der Waals surface area contributed by atoms with E-state index in [-0.39, 0.29) is 0 Å². The molecule has 0 atom stereocenters. The number of hydrogen-bond acceptors (Lipinski definition) is 1. The van der Waals surface area contributed by atoms with Crippen molar-refractivity contribution >= 4 is 17.2 Å². The second kappa shape index (κ2) is 11.6. The fraction of sp³-hybridized carbons (Fsp3) is 0.0476. The third-order valence-corrected chi connectivity index (χ3v) is 8.55. The Morgan fingerprint density at radius 1 is 0.455 bits per heavy atom. The van der Waals surface area contributed by atoms with Gasteiger partial charge in [0, 0.05) is 11.3 Å². The SMILES string of the molecule is C=C(N=C(N=C(C)c1ccccc1)c1ccccc1)c1ccc(C2(c3ccccc3)c3ccccc3-c3ccccc32)cc1. The van der Waals surface area contributed by atoms with Gasteiger partial charge in [-0.1, -0.05) is 170 Å². The number of amidine groups is 1. The predicted molar refractivity (Wildman–Crippen MR) is 184 cm³/mol. The quantitative estimate of drug-likeness (QED) is 0.142. The van der Waals surface area contributed by atoms with Crippen LogP contribution in [0.3, 0.4) is 0 Å². The van der Waals surface area contributed by atoms with Crippen LogP contribution in [-0.2, 0) is 5.41 Å². The van der Waals surface area contributed by atoms with Crippen molar-refractivity contribution < 1.29 is 0 Å². The van der Waals surface area contributed by atoms with Gasteiger partial charge in [0.25, 0.3) is 0 Å². The fourth-order valence-corrected chi connectivity index (χ4v) is 6.46. The molecule has 0 aromatic heterocycles. The number of rotatable bonds is 6. The van der Waals surface area contributed by atoms with Crippen LogP contribution in [0.25, 0.3) is 16.8 Å². The lowest BCUT2D eigenvalue weighted by Gasteiger charge is -2.34. The van der Waals surface area contributed by atoms with Crippen LogP contribution in [0.15, 0.2) is 180 Å². The summed E-state index contributed by atoms with van der Waals surface area (Å²) >= 11 is 0. The molecule has 0 spiro atoms. The third kappa shape index (κ3) is 4.71.